The lowest BCUT2D eigenvalue weighted by atomic mass is 9.78. The van der Waals surface area contributed by atoms with Crippen molar-refractivity contribution in [2.75, 3.05) is 0 Å². The van der Waals surface area contributed by atoms with E-state index in [0.29, 0.717) is 17.3 Å². The molecule has 0 heterocycles. The third-order valence-corrected chi connectivity index (χ3v) is 10.5. The first-order chi connectivity index (χ1) is 11.1. The molecule has 2 N–H and O–H groups in total. The molecule has 0 spiro atoms. The summed E-state index contributed by atoms with van der Waals surface area (Å²) in [5.41, 5.74) is 2.95. The molecule has 2 aliphatic carbocycles. The van der Waals surface area contributed by atoms with Gasteiger partial charge in [-0.3, -0.25) is 0 Å². The number of fused-ring (bicyclic) bond motifs is 2. The number of rotatable bonds is 4. The van der Waals surface area contributed by atoms with E-state index < -0.39 is 15.4 Å². The molecule has 2 atom stereocenters. The van der Waals surface area contributed by atoms with E-state index in [9.17, 15) is 10.0 Å². The molecule has 1 aromatic carbocycles. The van der Waals surface area contributed by atoms with Crippen LogP contribution in [0, 0.1) is 11.8 Å². The summed E-state index contributed by atoms with van der Waals surface area (Å²) in [5, 5.41) is 19.3. The fourth-order valence-corrected chi connectivity index (χ4v) is 4.63. The average Bonchev–Trinajstić information content (AvgIpc) is 3.08. The quantitative estimate of drug-likeness (QED) is 0.821. The van der Waals surface area contributed by atoms with Gasteiger partial charge in [-0.05, 0) is 66.3 Å². The van der Waals surface area contributed by atoms with Crippen LogP contribution < -0.4 is 9.89 Å². The number of hydrogen-bond acceptors (Lipinski definition) is 3. The van der Waals surface area contributed by atoms with Gasteiger partial charge in [0, 0.05) is 5.56 Å². The predicted molar refractivity (Wildman–Crippen MR) is 103 cm³/mol. The Balaban J connectivity index is 2.02. The van der Waals surface area contributed by atoms with Crippen molar-refractivity contribution < 1.29 is 14.5 Å². The Bertz CT molecular complexity index is 661. The zero-order valence-corrected chi connectivity index (χ0v) is 16.5. The van der Waals surface area contributed by atoms with Crippen LogP contribution in [0.2, 0.25) is 18.1 Å². The molecule has 0 radical (unpaired) electrons. The van der Waals surface area contributed by atoms with E-state index in [0.717, 1.165) is 11.3 Å². The minimum Gasteiger partial charge on any atom is -0.543 e. The molecule has 130 valence electrons. The third-order valence-electron chi connectivity index (χ3n) is 6.11. The highest BCUT2D eigenvalue weighted by Gasteiger charge is 2.40. The van der Waals surface area contributed by atoms with E-state index >= 15 is 0 Å². The van der Waals surface area contributed by atoms with Crippen molar-refractivity contribution in [2.45, 2.75) is 58.2 Å². The Morgan fingerprint density at radius 2 is 1.88 bits per heavy atom. The summed E-state index contributed by atoms with van der Waals surface area (Å²) >= 11 is 0. The van der Waals surface area contributed by atoms with Crippen LogP contribution in [0.25, 0.3) is 5.57 Å². The van der Waals surface area contributed by atoms with Crippen molar-refractivity contribution in [3.63, 3.8) is 0 Å². The van der Waals surface area contributed by atoms with Gasteiger partial charge in [0.15, 0.2) is 0 Å². The lowest BCUT2D eigenvalue weighted by Gasteiger charge is -2.37. The van der Waals surface area contributed by atoms with Crippen LogP contribution in [0.1, 0.15) is 45.6 Å². The van der Waals surface area contributed by atoms with Gasteiger partial charge >= 0.3 is 7.12 Å². The van der Waals surface area contributed by atoms with Gasteiger partial charge < -0.3 is 14.5 Å². The predicted octanol–water partition coefficient (Wildman–Crippen LogP) is 3.56. The van der Waals surface area contributed by atoms with Crippen molar-refractivity contribution in [3.8, 4) is 5.75 Å². The maximum absolute atomic E-state index is 9.58. The SMILES string of the molecule is CC(C)(C)[Si](C)(C)Oc1ccc(B(O)O)cc1C1=CC2CCC1C2. The van der Waals surface area contributed by atoms with Crippen molar-refractivity contribution in [1.82, 2.24) is 0 Å². The largest absolute Gasteiger partial charge is 0.543 e. The van der Waals surface area contributed by atoms with E-state index in [2.05, 4.69) is 39.9 Å². The van der Waals surface area contributed by atoms with E-state index in [1.54, 1.807) is 6.07 Å². The van der Waals surface area contributed by atoms with Gasteiger partial charge in [-0.15, -0.1) is 0 Å². The highest BCUT2D eigenvalue weighted by Crippen LogP contribution is 2.50. The maximum atomic E-state index is 9.58. The molecule has 2 aliphatic rings. The molecule has 1 aromatic rings. The van der Waals surface area contributed by atoms with Crippen LogP contribution in [0.15, 0.2) is 24.3 Å². The molecule has 3 rings (SSSR count). The highest BCUT2D eigenvalue weighted by molar-refractivity contribution is 6.74. The monoisotopic (exact) mass is 344 g/mol. The number of hydrogen-bond donors (Lipinski definition) is 2. The maximum Gasteiger partial charge on any atom is 0.488 e. The molecular formula is C19H29BO3Si. The summed E-state index contributed by atoms with van der Waals surface area (Å²) in [7, 11) is -3.39. The lowest BCUT2D eigenvalue weighted by molar-refractivity contribution is 0.425. The zero-order chi connectivity index (χ0) is 17.7. The molecule has 5 heteroatoms. The molecule has 2 unspecified atom stereocenters. The van der Waals surface area contributed by atoms with E-state index in [1.165, 1.54) is 24.8 Å². The first kappa shape index (κ1) is 17.8. The van der Waals surface area contributed by atoms with Crippen molar-refractivity contribution in [2.24, 2.45) is 11.8 Å². The second-order valence-electron chi connectivity index (χ2n) is 8.88. The molecule has 0 saturated heterocycles. The van der Waals surface area contributed by atoms with Gasteiger partial charge in [0.2, 0.25) is 0 Å². The van der Waals surface area contributed by atoms with Gasteiger partial charge in [-0.1, -0.05) is 39.0 Å². The molecule has 0 aliphatic heterocycles. The molecule has 0 amide bonds. The smallest absolute Gasteiger partial charge is 0.488 e. The summed E-state index contributed by atoms with van der Waals surface area (Å²) in [4.78, 5) is 0. The van der Waals surface area contributed by atoms with Crippen molar-refractivity contribution >= 4 is 26.5 Å². The Hall–Kier alpha value is -1.04. The van der Waals surface area contributed by atoms with Gasteiger partial charge in [-0.25, -0.2) is 0 Å². The van der Waals surface area contributed by atoms with Gasteiger partial charge in [0.1, 0.15) is 5.75 Å². The number of allylic oxidation sites excluding steroid dienone is 2. The lowest BCUT2D eigenvalue weighted by Crippen LogP contribution is -2.44. The van der Waals surface area contributed by atoms with Crippen LogP contribution >= 0.6 is 0 Å². The molecule has 0 aromatic heterocycles. The Morgan fingerprint density at radius 1 is 1.17 bits per heavy atom. The van der Waals surface area contributed by atoms with Crippen LogP contribution in [0.4, 0.5) is 0 Å². The molecule has 1 fully saturated rings. The van der Waals surface area contributed by atoms with E-state index in [-0.39, 0.29) is 5.04 Å². The number of benzene rings is 1. The molecule has 2 bridgehead atoms. The highest BCUT2D eigenvalue weighted by atomic mass is 28.4. The van der Waals surface area contributed by atoms with Gasteiger partial charge in [0.05, 0.1) is 0 Å². The second kappa shape index (κ2) is 6.04. The Labute approximate surface area is 147 Å². The Morgan fingerprint density at radius 3 is 2.38 bits per heavy atom. The first-order valence-corrected chi connectivity index (χ1v) is 11.9. The molecule has 1 saturated carbocycles. The fourth-order valence-electron chi connectivity index (χ4n) is 3.60. The molecule has 3 nitrogen and oxygen atoms in total. The summed E-state index contributed by atoms with van der Waals surface area (Å²) in [6.07, 6.45) is 6.15. The second-order valence-corrected chi connectivity index (χ2v) is 13.6. The summed E-state index contributed by atoms with van der Waals surface area (Å²) < 4.78 is 6.59. The van der Waals surface area contributed by atoms with Crippen molar-refractivity contribution in [3.05, 3.63) is 29.8 Å². The van der Waals surface area contributed by atoms with Gasteiger partial charge in [-0.2, -0.15) is 0 Å². The van der Waals surface area contributed by atoms with Crippen LogP contribution in [0.5, 0.6) is 5.75 Å². The fraction of sp³-hybridized carbons (Fsp3) is 0.579. The minimum atomic E-state index is -1.95. The van der Waals surface area contributed by atoms with Gasteiger partial charge in [0.25, 0.3) is 8.32 Å². The minimum absolute atomic E-state index is 0.127. The molecule has 24 heavy (non-hydrogen) atoms. The average molecular weight is 344 g/mol. The normalized spacial score (nSPS) is 23.4. The third kappa shape index (κ3) is 3.22. The zero-order valence-electron chi connectivity index (χ0n) is 15.5. The van der Waals surface area contributed by atoms with Crippen LogP contribution in [0.3, 0.4) is 0 Å². The standard InChI is InChI=1S/C19H29BO3Si/c1-19(2,3)24(4,5)23-18-9-8-15(20(21)22)12-17(18)16-11-13-6-7-14(16)10-13/h8-9,11-14,21-22H,6-7,10H2,1-5H3. The Kier molecular flexibility index (Phi) is 4.48. The van der Waals surface area contributed by atoms with Crippen LogP contribution in [-0.2, 0) is 0 Å². The summed E-state index contributed by atoms with van der Waals surface area (Å²) in [6.45, 7) is 11.2. The first-order valence-electron chi connectivity index (χ1n) is 9.00. The molecular weight excluding hydrogens is 315 g/mol. The topological polar surface area (TPSA) is 49.7 Å². The summed E-state index contributed by atoms with van der Waals surface area (Å²) in [5.74, 6) is 2.20. The van der Waals surface area contributed by atoms with E-state index in [1.807, 2.05) is 12.1 Å². The van der Waals surface area contributed by atoms with Crippen molar-refractivity contribution in [1.29, 1.82) is 0 Å². The van der Waals surface area contributed by atoms with E-state index in [4.69, 9.17) is 4.43 Å². The van der Waals surface area contributed by atoms with Crippen LogP contribution in [-0.4, -0.2) is 25.5 Å². The summed E-state index contributed by atoms with van der Waals surface area (Å²) in [6, 6.07) is 5.61.